The van der Waals surface area contributed by atoms with E-state index in [2.05, 4.69) is 30.9 Å². The minimum absolute atomic E-state index is 0.531. The number of nitrogens with zero attached hydrogens (tertiary/aromatic N) is 4. The van der Waals surface area contributed by atoms with Crippen LogP contribution >= 0.6 is 15.9 Å². The van der Waals surface area contributed by atoms with Crippen LogP contribution in [0.2, 0.25) is 0 Å². The summed E-state index contributed by atoms with van der Waals surface area (Å²) in [6.07, 6.45) is 4.74. The lowest BCUT2D eigenvalue weighted by Crippen LogP contribution is -1.89. The minimum atomic E-state index is 0.531. The Labute approximate surface area is 94.8 Å². The van der Waals surface area contributed by atoms with Gasteiger partial charge in [0.25, 0.3) is 0 Å². The van der Waals surface area contributed by atoms with Crippen LogP contribution in [0.5, 0.6) is 0 Å². The summed E-state index contributed by atoms with van der Waals surface area (Å²) in [6, 6.07) is 5.46. The fourth-order valence-corrected chi connectivity index (χ4v) is 1.26. The van der Waals surface area contributed by atoms with Crippen LogP contribution in [0.1, 0.15) is 5.56 Å². The summed E-state index contributed by atoms with van der Waals surface area (Å²) in [5.74, 6) is 0. The maximum atomic E-state index is 8.61. The van der Waals surface area contributed by atoms with Gasteiger partial charge in [-0.2, -0.15) is 5.26 Å². The van der Waals surface area contributed by atoms with Crippen molar-refractivity contribution in [3.63, 3.8) is 0 Å². The molecule has 2 rings (SSSR count). The Kier molecular flexibility index (Phi) is 2.70. The second-order valence-electron chi connectivity index (χ2n) is 2.77. The van der Waals surface area contributed by atoms with Gasteiger partial charge in [0, 0.05) is 6.20 Å². The lowest BCUT2D eigenvalue weighted by molar-refractivity contribution is 1.15. The predicted octanol–water partition coefficient (Wildman–Crippen LogP) is 2.17. The third-order valence-corrected chi connectivity index (χ3v) is 2.18. The van der Waals surface area contributed by atoms with Crippen molar-refractivity contribution in [2.75, 3.05) is 0 Å². The number of halogens is 1. The van der Waals surface area contributed by atoms with Gasteiger partial charge in [0.1, 0.15) is 16.4 Å². The van der Waals surface area contributed by atoms with Crippen molar-refractivity contribution in [2.24, 2.45) is 0 Å². The first-order valence-electron chi connectivity index (χ1n) is 4.13. The molecule has 0 atom stereocenters. The van der Waals surface area contributed by atoms with E-state index in [1.807, 2.05) is 6.07 Å². The number of rotatable bonds is 1. The van der Waals surface area contributed by atoms with E-state index < -0.39 is 0 Å². The predicted molar refractivity (Wildman–Crippen MR) is 57.7 cm³/mol. The van der Waals surface area contributed by atoms with E-state index in [0.717, 1.165) is 0 Å². The van der Waals surface area contributed by atoms with Crippen LogP contribution in [-0.2, 0) is 0 Å². The van der Waals surface area contributed by atoms with E-state index in [1.165, 1.54) is 6.20 Å². The van der Waals surface area contributed by atoms with Gasteiger partial charge in [0.15, 0.2) is 0 Å². The minimum Gasteiger partial charge on any atom is -0.253 e. The number of pyridine rings is 1. The molecule has 0 aliphatic heterocycles. The lowest BCUT2D eigenvalue weighted by Gasteiger charge is -1.98. The van der Waals surface area contributed by atoms with Crippen molar-refractivity contribution in [2.45, 2.75) is 0 Å². The Bertz CT molecular complexity index is 498. The van der Waals surface area contributed by atoms with Crippen molar-refractivity contribution in [1.82, 2.24) is 15.0 Å². The fraction of sp³-hybridized carbons (Fsp3) is 0. The highest BCUT2D eigenvalue weighted by molar-refractivity contribution is 9.10. The van der Waals surface area contributed by atoms with Crippen LogP contribution in [0.15, 0.2) is 35.3 Å². The molecule has 2 heterocycles. The molecule has 0 amide bonds. The average Bonchev–Trinajstić information content (AvgIpc) is 2.30. The van der Waals surface area contributed by atoms with Crippen molar-refractivity contribution in [1.29, 1.82) is 5.26 Å². The van der Waals surface area contributed by atoms with Crippen LogP contribution in [-0.4, -0.2) is 15.0 Å². The van der Waals surface area contributed by atoms with Crippen LogP contribution in [0.3, 0.4) is 0 Å². The number of nitriles is 1. The summed E-state index contributed by atoms with van der Waals surface area (Å²) in [5.41, 5.74) is 1.92. The molecule has 0 N–H and O–H groups in total. The van der Waals surface area contributed by atoms with Gasteiger partial charge in [-0.1, -0.05) is 0 Å². The summed E-state index contributed by atoms with van der Waals surface area (Å²) >= 11 is 3.20. The maximum Gasteiger partial charge on any atom is 0.124 e. The van der Waals surface area contributed by atoms with Crippen LogP contribution in [0, 0.1) is 11.3 Å². The summed E-state index contributed by atoms with van der Waals surface area (Å²) in [6.45, 7) is 0. The van der Waals surface area contributed by atoms with Crippen LogP contribution in [0.4, 0.5) is 0 Å². The van der Waals surface area contributed by atoms with Gasteiger partial charge in [-0.3, -0.25) is 9.97 Å². The highest BCUT2D eigenvalue weighted by atomic mass is 79.9. The first kappa shape index (κ1) is 9.74. The molecule has 2 aromatic heterocycles. The first-order chi connectivity index (χ1) is 7.29. The van der Waals surface area contributed by atoms with Gasteiger partial charge < -0.3 is 0 Å². The molecule has 4 nitrogen and oxygen atoms in total. The average molecular weight is 261 g/mol. The van der Waals surface area contributed by atoms with Crippen LogP contribution < -0.4 is 0 Å². The van der Waals surface area contributed by atoms with E-state index in [1.54, 1.807) is 24.5 Å². The summed E-state index contributed by atoms with van der Waals surface area (Å²) in [4.78, 5) is 12.3. The molecule has 0 fully saturated rings. The van der Waals surface area contributed by atoms with Gasteiger partial charge in [0.2, 0.25) is 0 Å². The number of aromatic nitrogens is 3. The van der Waals surface area contributed by atoms with E-state index >= 15 is 0 Å². The Morgan fingerprint density at radius 3 is 2.33 bits per heavy atom. The number of hydrogen-bond donors (Lipinski definition) is 0. The maximum absolute atomic E-state index is 8.61. The molecular formula is C10H5BrN4. The van der Waals surface area contributed by atoms with Crippen molar-refractivity contribution < 1.29 is 0 Å². The molecule has 72 valence electrons. The quantitative estimate of drug-likeness (QED) is 0.789. The molecule has 0 aromatic carbocycles. The van der Waals surface area contributed by atoms with Crippen molar-refractivity contribution in [3.8, 4) is 17.5 Å². The fourth-order valence-electron chi connectivity index (χ4n) is 1.06. The van der Waals surface area contributed by atoms with E-state index in [0.29, 0.717) is 21.6 Å². The van der Waals surface area contributed by atoms with Crippen molar-refractivity contribution in [3.05, 3.63) is 40.9 Å². The Balaban J connectivity index is 2.38. The topological polar surface area (TPSA) is 62.5 Å². The van der Waals surface area contributed by atoms with Crippen LogP contribution in [0.25, 0.3) is 11.4 Å². The van der Waals surface area contributed by atoms with Gasteiger partial charge in [-0.05, 0) is 28.1 Å². The highest BCUT2D eigenvalue weighted by Gasteiger charge is 2.01. The molecule has 0 saturated heterocycles. The molecule has 0 bridgehead atoms. The lowest BCUT2D eigenvalue weighted by atomic mass is 10.2. The Morgan fingerprint density at radius 1 is 1.00 bits per heavy atom. The zero-order chi connectivity index (χ0) is 10.7. The molecule has 5 heteroatoms. The summed E-state index contributed by atoms with van der Waals surface area (Å²) < 4.78 is 0.680. The molecular weight excluding hydrogens is 256 g/mol. The summed E-state index contributed by atoms with van der Waals surface area (Å²) in [5, 5.41) is 8.61. The Morgan fingerprint density at radius 2 is 1.80 bits per heavy atom. The summed E-state index contributed by atoms with van der Waals surface area (Å²) in [7, 11) is 0. The second kappa shape index (κ2) is 4.15. The van der Waals surface area contributed by atoms with E-state index in [4.69, 9.17) is 5.26 Å². The molecule has 0 saturated carbocycles. The molecule has 2 aromatic rings. The van der Waals surface area contributed by atoms with Gasteiger partial charge in [-0.25, -0.2) is 4.98 Å². The normalized spacial score (nSPS) is 9.60. The largest absolute Gasteiger partial charge is 0.253 e. The smallest absolute Gasteiger partial charge is 0.124 e. The molecule has 0 aliphatic carbocycles. The molecule has 0 unspecified atom stereocenters. The van der Waals surface area contributed by atoms with Crippen molar-refractivity contribution >= 4 is 15.9 Å². The monoisotopic (exact) mass is 260 g/mol. The molecule has 0 aliphatic rings. The zero-order valence-electron chi connectivity index (χ0n) is 7.55. The number of hydrogen-bond acceptors (Lipinski definition) is 4. The standard InChI is InChI=1S/C10H5BrN4/c11-10-6-14-9(5-15-10)8-2-1-7(3-12)4-13-8/h1-2,4-6H. The SMILES string of the molecule is N#Cc1ccc(-c2cnc(Br)cn2)nc1. The van der Waals surface area contributed by atoms with Gasteiger partial charge >= 0.3 is 0 Å². The van der Waals surface area contributed by atoms with E-state index in [-0.39, 0.29) is 0 Å². The molecule has 0 radical (unpaired) electrons. The second-order valence-corrected chi connectivity index (χ2v) is 3.58. The third-order valence-electron chi connectivity index (χ3n) is 1.78. The zero-order valence-corrected chi connectivity index (χ0v) is 9.14. The van der Waals surface area contributed by atoms with E-state index in [9.17, 15) is 0 Å². The van der Waals surface area contributed by atoms with Gasteiger partial charge in [-0.15, -0.1) is 0 Å². The van der Waals surface area contributed by atoms with Gasteiger partial charge in [0.05, 0.1) is 23.7 Å². The third kappa shape index (κ3) is 2.17. The Hall–Kier alpha value is -1.80. The highest BCUT2D eigenvalue weighted by Crippen LogP contribution is 2.14. The molecule has 15 heavy (non-hydrogen) atoms. The molecule has 0 spiro atoms. The first-order valence-corrected chi connectivity index (χ1v) is 4.93.